The largest absolute Gasteiger partial charge is 0.355 e. The summed E-state index contributed by atoms with van der Waals surface area (Å²) in [4.78, 5) is 12.7. The molecule has 35 heavy (non-hydrogen) atoms. The normalized spacial score (nSPS) is 17.1. The third-order valence-corrected chi connectivity index (χ3v) is 7.90. The highest BCUT2D eigenvalue weighted by atomic mass is 32.2. The second-order valence-electron chi connectivity index (χ2n) is 8.53. The van der Waals surface area contributed by atoms with Crippen molar-refractivity contribution in [3.05, 3.63) is 76.7 Å². The van der Waals surface area contributed by atoms with Gasteiger partial charge in [0.15, 0.2) is 22.3 Å². The van der Waals surface area contributed by atoms with Crippen molar-refractivity contribution in [2.75, 3.05) is 18.4 Å². The number of rotatable bonds is 6. The van der Waals surface area contributed by atoms with Crippen molar-refractivity contribution in [1.82, 2.24) is 9.46 Å². The Hall–Kier alpha value is -3.37. The smallest absolute Gasteiger partial charge is 0.248 e. The van der Waals surface area contributed by atoms with Crippen LogP contribution in [0, 0.1) is 31.4 Å². The highest BCUT2D eigenvalue weighted by Crippen LogP contribution is 2.30. The number of halogens is 2. The molecule has 0 bridgehead atoms. The molecule has 0 aliphatic carbocycles. The molecule has 0 unspecified atom stereocenters. The first-order chi connectivity index (χ1) is 16.6. The number of aryl methyl sites for hydroxylation is 2. The topological polar surface area (TPSA) is 92.5 Å². The number of piperidine rings is 1. The summed E-state index contributed by atoms with van der Waals surface area (Å²) in [6, 6.07) is 10.8. The number of carbonyl (C=O) groups excluding carboxylic acids is 1. The molecule has 1 fully saturated rings. The minimum atomic E-state index is -4.01. The first-order valence-electron chi connectivity index (χ1n) is 11.1. The number of nitrogens with one attached hydrogen (secondary N) is 1. The number of aromatic nitrogens is 1. The number of benzene rings is 2. The number of nitrogens with zero attached hydrogens (tertiary/aromatic N) is 2. The summed E-state index contributed by atoms with van der Waals surface area (Å²) in [6.07, 6.45) is 4.24. The van der Waals surface area contributed by atoms with Gasteiger partial charge in [0.1, 0.15) is 5.69 Å². The van der Waals surface area contributed by atoms with E-state index in [4.69, 9.17) is 4.52 Å². The first-order valence-corrected chi connectivity index (χ1v) is 12.6. The summed E-state index contributed by atoms with van der Waals surface area (Å²) >= 11 is 0. The summed E-state index contributed by atoms with van der Waals surface area (Å²) in [6.45, 7) is 3.71. The van der Waals surface area contributed by atoms with Gasteiger partial charge in [-0.05, 0) is 50.5 Å². The van der Waals surface area contributed by atoms with Crippen LogP contribution >= 0.6 is 0 Å². The molecule has 1 aromatic heterocycles. The molecule has 2 heterocycles. The van der Waals surface area contributed by atoms with Gasteiger partial charge in [0, 0.05) is 24.8 Å². The van der Waals surface area contributed by atoms with Crippen molar-refractivity contribution in [2.24, 2.45) is 5.92 Å². The van der Waals surface area contributed by atoms with Gasteiger partial charge in [0.2, 0.25) is 15.9 Å². The number of hydrogen-bond donors (Lipinski definition) is 1. The molecule has 1 aliphatic rings. The van der Waals surface area contributed by atoms with Gasteiger partial charge in [-0.15, -0.1) is 0 Å². The summed E-state index contributed by atoms with van der Waals surface area (Å²) in [5, 5.41) is 6.39. The molecule has 1 amide bonds. The van der Waals surface area contributed by atoms with Crippen molar-refractivity contribution in [2.45, 2.75) is 31.6 Å². The lowest BCUT2D eigenvalue weighted by Crippen LogP contribution is -2.43. The van der Waals surface area contributed by atoms with Crippen LogP contribution in [0.1, 0.15) is 35.4 Å². The van der Waals surface area contributed by atoms with E-state index >= 15 is 0 Å². The van der Waals surface area contributed by atoms with Crippen LogP contribution in [0.15, 0.2) is 51.9 Å². The summed E-state index contributed by atoms with van der Waals surface area (Å²) in [5.74, 6) is -3.11. The Morgan fingerprint density at radius 1 is 1.11 bits per heavy atom. The van der Waals surface area contributed by atoms with Crippen molar-refractivity contribution in [3.63, 3.8) is 0 Å². The standard InChI is InChI=1S/C25H25F2N3O4S/c1-16-5-7-18(8-6-16)9-12-23-24(17(2)29-34-23)35(32,33)30-13-3-4-19(15-30)25(31)28-20-10-11-21(26)22(27)14-20/h5-12,14,19H,3-4,13,15H2,1-2H3,(H,28,31)/b12-9+/t19-/m0/s1. The summed E-state index contributed by atoms with van der Waals surface area (Å²) in [5.41, 5.74) is 2.31. The monoisotopic (exact) mass is 501 g/mol. The molecule has 0 saturated carbocycles. The molecule has 3 aromatic rings. The van der Waals surface area contributed by atoms with Gasteiger partial charge in [-0.3, -0.25) is 4.79 Å². The molecule has 10 heteroatoms. The van der Waals surface area contributed by atoms with Gasteiger partial charge in [-0.1, -0.05) is 41.1 Å². The van der Waals surface area contributed by atoms with E-state index in [1.807, 2.05) is 31.2 Å². The number of hydrogen-bond acceptors (Lipinski definition) is 5. The van der Waals surface area contributed by atoms with Crippen molar-refractivity contribution in [1.29, 1.82) is 0 Å². The molecule has 1 aliphatic heterocycles. The third kappa shape index (κ3) is 5.49. The van der Waals surface area contributed by atoms with Gasteiger partial charge in [-0.2, -0.15) is 4.31 Å². The quantitative estimate of drug-likeness (QED) is 0.525. The van der Waals surface area contributed by atoms with Crippen molar-refractivity contribution in [3.8, 4) is 0 Å². The van der Waals surface area contributed by atoms with Crippen molar-refractivity contribution < 1.29 is 26.5 Å². The first kappa shape index (κ1) is 24.7. The van der Waals surface area contributed by atoms with Crippen LogP contribution in [0.3, 0.4) is 0 Å². The minimum absolute atomic E-state index is 0.0393. The maximum Gasteiger partial charge on any atom is 0.248 e. The zero-order chi connectivity index (χ0) is 25.2. The van der Waals surface area contributed by atoms with Gasteiger partial charge in [-0.25, -0.2) is 17.2 Å². The number of amides is 1. The van der Waals surface area contributed by atoms with E-state index in [2.05, 4.69) is 10.5 Å². The van der Waals surface area contributed by atoms with Crippen LogP contribution in [0.25, 0.3) is 12.2 Å². The molecule has 4 rings (SSSR count). The van der Waals surface area contributed by atoms with E-state index in [1.165, 1.54) is 10.4 Å². The highest BCUT2D eigenvalue weighted by molar-refractivity contribution is 7.89. The molecule has 7 nitrogen and oxygen atoms in total. The Labute approximate surface area is 202 Å². The average Bonchev–Trinajstić information content (AvgIpc) is 3.22. The highest BCUT2D eigenvalue weighted by Gasteiger charge is 2.37. The maximum absolute atomic E-state index is 13.5. The Kier molecular flexibility index (Phi) is 7.13. The van der Waals surface area contributed by atoms with E-state index in [9.17, 15) is 22.0 Å². The molecule has 1 saturated heterocycles. The molecular formula is C25H25F2N3O4S. The summed E-state index contributed by atoms with van der Waals surface area (Å²) < 4.78 is 60.2. The fourth-order valence-electron chi connectivity index (χ4n) is 3.97. The zero-order valence-corrected chi connectivity index (χ0v) is 20.1. The lowest BCUT2D eigenvalue weighted by Gasteiger charge is -2.31. The zero-order valence-electron chi connectivity index (χ0n) is 19.3. The van der Waals surface area contributed by atoms with E-state index in [0.29, 0.717) is 12.8 Å². The van der Waals surface area contributed by atoms with Crippen LogP contribution in [0.4, 0.5) is 14.5 Å². The second-order valence-corrected chi connectivity index (χ2v) is 10.4. The number of sulfonamides is 1. The lowest BCUT2D eigenvalue weighted by atomic mass is 9.98. The van der Waals surface area contributed by atoms with Gasteiger partial charge in [0.05, 0.1) is 5.92 Å². The van der Waals surface area contributed by atoms with E-state index in [1.54, 1.807) is 19.1 Å². The molecule has 1 N–H and O–H groups in total. The van der Waals surface area contributed by atoms with Crippen LogP contribution in [0.5, 0.6) is 0 Å². The fourth-order valence-corrected chi connectivity index (χ4v) is 5.74. The Morgan fingerprint density at radius 3 is 2.57 bits per heavy atom. The Morgan fingerprint density at radius 2 is 1.86 bits per heavy atom. The Balaban J connectivity index is 1.52. The maximum atomic E-state index is 13.5. The van der Waals surface area contributed by atoms with Crippen LogP contribution in [-0.4, -0.2) is 36.9 Å². The van der Waals surface area contributed by atoms with E-state index in [0.717, 1.165) is 23.3 Å². The van der Waals surface area contributed by atoms with Gasteiger partial charge < -0.3 is 9.84 Å². The SMILES string of the molecule is Cc1ccc(/C=C/c2onc(C)c2S(=O)(=O)N2CCC[C@H](C(=O)Nc3ccc(F)c(F)c3)C2)cc1. The average molecular weight is 502 g/mol. The molecule has 2 aromatic carbocycles. The molecular weight excluding hydrogens is 476 g/mol. The summed E-state index contributed by atoms with van der Waals surface area (Å²) in [7, 11) is -4.01. The van der Waals surface area contributed by atoms with Crippen molar-refractivity contribution >= 4 is 33.8 Å². The lowest BCUT2D eigenvalue weighted by molar-refractivity contribution is -0.120. The second kappa shape index (κ2) is 10.1. The number of carbonyl (C=O) groups is 1. The molecule has 0 spiro atoms. The van der Waals surface area contributed by atoms with E-state index in [-0.39, 0.29) is 35.1 Å². The predicted molar refractivity (Wildman–Crippen MR) is 128 cm³/mol. The van der Waals surface area contributed by atoms with Crippen LogP contribution in [-0.2, 0) is 14.8 Å². The van der Waals surface area contributed by atoms with Gasteiger partial charge >= 0.3 is 0 Å². The molecule has 1 atom stereocenters. The molecule has 184 valence electrons. The third-order valence-electron chi connectivity index (χ3n) is 5.88. The van der Waals surface area contributed by atoms with Crippen LogP contribution < -0.4 is 5.32 Å². The van der Waals surface area contributed by atoms with Gasteiger partial charge in [0.25, 0.3) is 0 Å². The number of anilines is 1. The van der Waals surface area contributed by atoms with E-state index < -0.39 is 33.5 Å². The fraction of sp³-hybridized carbons (Fsp3) is 0.280. The molecule has 0 radical (unpaired) electrons. The Bertz CT molecular complexity index is 1370. The minimum Gasteiger partial charge on any atom is -0.355 e. The predicted octanol–water partition coefficient (Wildman–Crippen LogP) is 4.78. The van der Waals surface area contributed by atoms with Crippen LogP contribution in [0.2, 0.25) is 0 Å².